The van der Waals surface area contributed by atoms with E-state index in [0.717, 1.165) is 13.1 Å². The molecule has 3 heteroatoms. The molecule has 1 N–H and O–H groups in total. The van der Waals surface area contributed by atoms with Crippen LogP contribution >= 0.6 is 0 Å². The van der Waals surface area contributed by atoms with Gasteiger partial charge in [0.2, 0.25) is 0 Å². The van der Waals surface area contributed by atoms with E-state index in [0.29, 0.717) is 6.04 Å². The first kappa shape index (κ1) is 9.85. The van der Waals surface area contributed by atoms with Gasteiger partial charge in [-0.1, -0.05) is 11.6 Å². The summed E-state index contributed by atoms with van der Waals surface area (Å²) in [6.07, 6.45) is 4.54. The molecular formula is C13H17N3. The monoisotopic (exact) mass is 215 g/mol. The summed E-state index contributed by atoms with van der Waals surface area (Å²) in [6, 6.07) is 7.13. The van der Waals surface area contributed by atoms with E-state index in [4.69, 9.17) is 0 Å². The third kappa shape index (κ3) is 1.71. The molecule has 3 nitrogen and oxygen atoms in total. The SMILES string of the molecule is Cc1ccc2c(cnn2CC2CCCN2)c1. The van der Waals surface area contributed by atoms with Crippen LogP contribution in [0.5, 0.6) is 0 Å². The molecule has 1 saturated heterocycles. The van der Waals surface area contributed by atoms with E-state index in [1.807, 2.05) is 6.20 Å². The van der Waals surface area contributed by atoms with Gasteiger partial charge in [0.25, 0.3) is 0 Å². The second-order valence-electron chi connectivity index (χ2n) is 4.68. The number of hydrogen-bond acceptors (Lipinski definition) is 2. The molecule has 16 heavy (non-hydrogen) atoms. The van der Waals surface area contributed by atoms with E-state index in [-0.39, 0.29) is 0 Å². The Balaban J connectivity index is 1.91. The van der Waals surface area contributed by atoms with E-state index < -0.39 is 0 Å². The number of fused-ring (bicyclic) bond motifs is 1. The van der Waals surface area contributed by atoms with Gasteiger partial charge in [-0.3, -0.25) is 4.68 Å². The van der Waals surface area contributed by atoms with E-state index in [9.17, 15) is 0 Å². The summed E-state index contributed by atoms with van der Waals surface area (Å²) >= 11 is 0. The van der Waals surface area contributed by atoms with Gasteiger partial charge < -0.3 is 5.32 Å². The van der Waals surface area contributed by atoms with Gasteiger partial charge >= 0.3 is 0 Å². The Morgan fingerprint density at radius 1 is 1.50 bits per heavy atom. The fourth-order valence-electron chi connectivity index (χ4n) is 2.47. The van der Waals surface area contributed by atoms with Crippen LogP contribution in [0.2, 0.25) is 0 Å². The Bertz CT molecular complexity index is 495. The standard InChI is InChI=1S/C13H17N3/c1-10-4-5-13-11(7-10)8-15-16(13)9-12-3-2-6-14-12/h4-5,7-8,12,14H,2-3,6,9H2,1H3. The smallest absolute Gasteiger partial charge is 0.0683 e. The summed E-state index contributed by atoms with van der Waals surface area (Å²) < 4.78 is 2.12. The molecule has 1 aliphatic heterocycles. The van der Waals surface area contributed by atoms with Crippen molar-refractivity contribution in [3.8, 4) is 0 Å². The minimum absolute atomic E-state index is 0.601. The lowest BCUT2D eigenvalue weighted by Crippen LogP contribution is -2.27. The molecule has 1 aliphatic rings. The molecule has 1 unspecified atom stereocenters. The average Bonchev–Trinajstić information content (AvgIpc) is 2.89. The van der Waals surface area contributed by atoms with Gasteiger partial charge in [-0.2, -0.15) is 5.10 Å². The Morgan fingerprint density at radius 3 is 3.25 bits per heavy atom. The van der Waals surface area contributed by atoms with Crippen LogP contribution in [0.1, 0.15) is 18.4 Å². The van der Waals surface area contributed by atoms with Gasteiger partial charge in [0, 0.05) is 11.4 Å². The van der Waals surface area contributed by atoms with Crippen molar-refractivity contribution in [2.24, 2.45) is 0 Å². The predicted octanol–water partition coefficient (Wildman–Crippen LogP) is 2.10. The van der Waals surface area contributed by atoms with Crippen molar-refractivity contribution < 1.29 is 0 Å². The fraction of sp³-hybridized carbons (Fsp3) is 0.462. The molecule has 3 rings (SSSR count). The van der Waals surface area contributed by atoms with Crippen LogP contribution in [0.15, 0.2) is 24.4 Å². The van der Waals surface area contributed by atoms with Crippen LogP contribution in [0.4, 0.5) is 0 Å². The zero-order valence-corrected chi connectivity index (χ0v) is 9.61. The van der Waals surface area contributed by atoms with Gasteiger partial charge in [0.05, 0.1) is 18.3 Å². The Hall–Kier alpha value is -1.35. The molecule has 1 fully saturated rings. The maximum absolute atomic E-state index is 4.48. The molecule has 0 saturated carbocycles. The lowest BCUT2D eigenvalue weighted by atomic mass is 10.2. The first-order valence-electron chi connectivity index (χ1n) is 5.98. The highest BCUT2D eigenvalue weighted by Gasteiger charge is 2.15. The highest BCUT2D eigenvalue weighted by molar-refractivity contribution is 5.79. The lowest BCUT2D eigenvalue weighted by Gasteiger charge is -2.10. The molecular weight excluding hydrogens is 198 g/mol. The largest absolute Gasteiger partial charge is 0.312 e. The zero-order valence-electron chi connectivity index (χ0n) is 9.61. The molecule has 0 bridgehead atoms. The summed E-state index contributed by atoms with van der Waals surface area (Å²) in [5, 5.41) is 9.23. The fourth-order valence-corrected chi connectivity index (χ4v) is 2.47. The molecule has 0 spiro atoms. The maximum Gasteiger partial charge on any atom is 0.0683 e. The van der Waals surface area contributed by atoms with E-state index in [2.05, 4.69) is 40.2 Å². The van der Waals surface area contributed by atoms with Gasteiger partial charge in [-0.15, -0.1) is 0 Å². The second kappa shape index (κ2) is 3.91. The molecule has 2 aromatic rings. The van der Waals surface area contributed by atoms with Crippen LogP contribution in [0.25, 0.3) is 10.9 Å². The van der Waals surface area contributed by atoms with Gasteiger partial charge in [0.1, 0.15) is 0 Å². The molecule has 0 aliphatic carbocycles. The van der Waals surface area contributed by atoms with Crippen LogP contribution in [-0.4, -0.2) is 22.4 Å². The summed E-state index contributed by atoms with van der Waals surface area (Å²) in [6.45, 7) is 4.27. The van der Waals surface area contributed by atoms with E-state index in [1.165, 1.54) is 29.3 Å². The number of aryl methyl sites for hydroxylation is 1. The Kier molecular flexibility index (Phi) is 2.40. The molecule has 0 amide bonds. The number of nitrogens with one attached hydrogen (secondary N) is 1. The summed E-state index contributed by atoms with van der Waals surface area (Å²) in [7, 11) is 0. The molecule has 1 aromatic heterocycles. The predicted molar refractivity (Wildman–Crippen MR) is 65.5 cm³/mol. The normalized spacial score (nSPS) is 20.7. The number of benzene rings is 1. The Morgan fingerprint density at radius 2 is 2.44 bits per heavy atom. The first-order chi connectivity index (χ1) is 7.83. The van der Waals surface area contributed by atoms with Crippen LogP contribution < -0.4 is 5.32 Å². The van der Waals surface area contributed by atoms with Crippen LogP contribution in [0, 0.1) is 6.92 Å². The maximum atomic E-state index is 4.48. The Labute approximate surface area is 95.5 Å². The van der Waals surface area contributed by atoms with Crippen molar-refractivity contribution in [2.75, 3.05) is 6.54 Å². The second-order valence-corrected chi connectivity index (χ2v) is 4.68. The highest BCUT2D eigenvalue weighted by Crippen LogP contribution is 2.17. The van der Waals surface area contributed by atoms with Crippen molar-refractivity contribution in [2.45, 2.75) is 32.4 Å². The summed E-state index contributed by atoms with van der Waals surface area (Å²) in [5.41, 5.74) is 2.55. The lowest BCUT2D eigenvalue weighted by molar-refractivity contribution is 0.486. The third-order valence-electron chi connectivity index (χ3n) is 3.35. The molecule has 1 atom stereocenters. The van der Waals surface area contributed by atoms with Gasteiger partial charge in [-0.05, 0) is 38.4 Å². The number of nitrogens with zero attached hydrogens (tertiary/aromatic N) is 2. The summed E-state index contributed by atoms with van der Waals surface area (Å²) in [5.74, 6) is 0. The minimum atomic E-state index is 0.601. The molecule has 1 aromatic carbocycles. The van der Waals surface area contributed by atoms with Crippen molar-refractivity contribution in [3.05, 3.63) is 30.0 Å². The van der Waals surface area contributed by atoms with Gasteiger partial charge in [-0.25, -0.2) is 0 Å². The van der Waals surface area contributed by atoms with E-state index >= 15 is 0 Å². The third-order valence-corrected chi connectivity index (χ3v) is 3.35. The first-order valence-corrected chi connectivity index (χ1v) is 5.98. The molecule has 2 heterocycles. The topological polar surface area (TPSA) is 29.9 Å². The zero-order chi connectivity index (χ0) is 11.0. The quantitative estimate of drug-likeness (QED) is 0.831. The van der Waals surface area contributed by atoms with Crippen LogP contribution in [0.3, 0.4) is 0 Å². The van der Waals surface area contributed by atoms with Crippen LogP contribution in [-0.2, 0) is 6.54 Å². The van der Waals surface area contributed by atoms with Crippen molar-refractivity contribution in [3.63, 3.8) is 0 Å². The number of hydrogen-bond donors (Lipinski definition) is 1. The highest BCUT2D eigenvalue weighted by atomic mass is 15.3. The van der Waals surface area contributed by atoms with Crippen molar-refractivity contribution >= 4 is 10.9 Å². The number of aromatic nitrogens is 2. The molecule has 0 radical (unpaired) electrons. The average molecular weight is 215 g/mol. The minimum Gasteiger partial charge on any atom is -0.312 e. The van der Waals surface area contributed by atoms with Crippen molar-refractivity contribution in [1.29, 1.82) is 0 Å². The van der Waals surface area contributed by atoms with Gasteiger partial charge in [0.15, 0.2) is 0 Å². The van der Waals surface area contributed by atoms with E-state index in [1.54, 1.807) is 0 Å². The summed E-state index contributed by atoms with van der Waals surface area (Å²) in [4.78, 5) is 0. The number of rotatable bonds is 2. The molecule has 84 valence electrons. The van der Waals surface area contributed by atoms with Crippen molar-refractivity contribution in [1.82, 2.24) is 15.1 Å².